The highest BCUT2D eigenvalue weighted by atomic mass is 16.5. The van der Waals surface area contributed by atoms with Crippen LogP contribution in [0.3, 0.4) is 0 Å². The molecule has 30 heavy (non-hydrogen) atoms. The van der Waals surface area contributed by atoms with Crippen LogP contribution in [0.1, 0.15) is 22.3 Å². The van der Waals surface area contributed by atoms with Gasteiger partial charge in [-0.3, -0.25) is 9.69 Å². The third-order valence-electron chi connectivity index (χ3n) is 6.10. The minimum Gasteiger partial charge on any atom is -0.378 e. The maximum absolute atomic E-state index is 13.9. The van der Waals surface area contributed by atoms with Gasteiger partial charge in [0.2, 0.25) is 0 Å². The predicted octanol–water partition coefficient (Wildman–Crippen LogP) is 3.20. The van der Waals surface area contributed by atoms with Gasteiger partial charge in [0.25, 0.3) is 0 Å². The maximum Gasteiger partial charge on any atom is 0.183 e. The molecule has 162 valence electrons. The van der Waals surface area contributed by atoms with Crippen LogP contribution in [0.2, 0.25) is 0 Å². The zero-order valence-electron chi connectivity index (χ0n) is 18.8. The Hall–Kier alpha value is -2.21. The van der Waals surface area contributed by atoms with E-state index in [4.69, 9.17) is 4.74 Å². The van der Waals surface area contributed by atoms with Crippen LogP contribution in [0, 0.1) is 0 Å². The van der Waals surface area contributed by atoms with E-state index in [2.05, 4.69) is 53.1 Å². The topological polar surface area (TPSA) is 36.0 Å². The maximum atomic E-state index is 13.9. The number of carbonyl (C=O) groups excluding carboxylic acids is 1. The highest BCUT2D eigenvalue weighted by molar-refractivity contribution is 6.03. The zero-order chi connectivity index (χ0) is 21.6. The number of ketones is 1. The molecule has 0 aromatic heterocycles. The SMILES string of the molecule is CN(C)CCC(Cc1ccccc1)(C(=O)c1ccc(N2CCOCC2)cc1)N(C)C. The van der Waals surface area contributed by atoms with E-state index in [0.717, 1.165) is 50.5 Å². The molecule has 3 rings (SSSR count). The fourth-order valence-electron chi connectivity index (χ4n) is 4.12. The summed E-state index contributed by atoms with van der Waals surface area (Å²) in [6.07, 6.45) is 1.46. The number of likely N-dealkylation sites (N-methyl/N-ethyl adjacent to an activating group) is 1. The van der Waals surface area contributed by atoms with Gasteiger partial charge < -0.3 is 14.5 Å². The first kappa shape index (κ1) is 22.5. The number of hydrogen-bond acceptors (Lipinski definition) is 5. The van der Waals surface area contributed by atoms with Crippen molar-refractivity contribution in [3.05, 3.63) is 65.7 Å². The van der Waals surface area contributed by atoms with Crippen LogP contribution in [0.25, 0.3) is 0 Å². The van der Waals surface area contributed by atoms with Gasteiger partial charge in [0.1, 0.15) is 0 Å². The number of anilines is 1. The summed E-state index contributed by atoms with van der Waals surface area (Å²) in [6.45, 7) is 4.15. The molecule has 1 aliphatic rings. The van der Waals surface area contributed by atoms with E-state index in [1.54, 1.807) is 0 Å². The monoisotopic (exact) mass is 409 g/mol. The third kappa shape index (κ3) is 5.28. The lowest BCUT2D eigenvalue weighted by molar-refractivity contribution is 0.0633. The second kappa shape index (κ2) is 10.2. The van der Waals surface area contributed by atoms with E-state index in [9.17, 15) is 4.79 Å². The molecular formula is C25H35N3O2. The van der Waals surface area contributed by atoms with Gasteiger partial charge in [-0.2, -0.15) is 0 Å². The van der Waals surface area contributed by atoms with E-state index in [1.807, 2.05) is 44.4 Å². The number of nitrogens with zero attached hydrogens (tertiary/aromatic N) is 3. The summed E-state index contributed by atoms with van der Waals surface area (Å²) in [5.74, 6) is 0.187. The first-order valence-electron chi connectivity index (χ1n) is 10.8. The van der Waals surface area contributed by atoms with Gasteiger partial charge in [0, 0.05) is 24.3 Å². The fourth-order valence-corrected chi connectivity index (χ4v) is 4.12. The zero-order valence-corrected chi connectivity index (χ0v) is 18.8. The summed E-state index contributed by atoms with van der Waals surface area (Å²) in [4.78, 5) is 20.5. The van der Waals surface area contributed by atoms with Crippen molar-refractivity contribution >= 4 is 11.5 Å². The Morgan fingerprint density at radius 3 is 2.17 bits per heavy atom. The van der Waals surface area contributed by atoms with Gasteiger partial charge >= 0.3 is 0 Å². The van der Waals surface area contributed by atoms with Crippen molar-refractivity contribution in [1.82, 2.24) is 9.80 Å². The van der Waals surface area contributed by atoms with Gasteiger partial charge in [0.05, 0.1) is 18.8 Å². The number of Topliss-reactive ketones (excluding diaryl/α,β-unsaturated/α-hetero) is 1. The molecule has 2 aromatic rings. The molecule has 0 bridgehead atoms. The van der Waals surface area contributed by atoms with Gasteiger partial charge in [-0.05, 0) is 77.4 Å². The van der Waals surface area contributed by atoms with Gasteiger partial charge in [-0.25, -0.2) is 0 Å². The molecule has 1 unspecified atom stereocenters. The molecule has 0 amide bonds. The van der Waals surface area contributed by atoms with E-state index in [-0.39, 0.29) is 5.78 Å². The molecule has 1 atom stereocenters. The first-order chi connectivity index (χ1) is 14.4. The Labute approximate surface area is 181 Å². The summed E-state index contributed by atoms with van der Waals surface area (Å²) in [7, 11) is 8.17. The van der Waals surface area contributed by atoms with E-state index >= 15 is 0 Å². The normalized spacial score (nSPS) is 16.7. The molecule has 0 aliphatic carbocycles. The number of rotatable bonds is 9. The molecule has 1 heterocycles. The van der Waals surface area contributed by atoms with Crippen molar-refractivity contribution in [2.24, 2.45) is 0 Å². The van der Waals surface area contributed by atoms with E-state index in [1.165, 1.54) is 5.56 Å². The number of carbonyl (C=O) groups is 1. The second-order valence-corrected chi connectivity index (χ2v) is 8.62. The summed E-state index contributed by atoms with van der Waals surface area (Å²) in [5.41, 5.74) is 2.52. The second-order valence-electron chi connectivity index (χ2n) is 8.62. The highest BCUT2D eigenvalue weighted by Gasteiger charge is 2.41. The van der Waals surface area contributed by atoms with Crippen LogP contribution < -0.4 is 4.90 Å². The average Bonchev–Trinajstić information content (AvgIpc) is 2.77. The first-order valence-corrected chi connectivity index (χ1v) is 10.8. The van der Waals surface area contributed by atoms with Crippen LogP contribution in [0.15, 0.2) is 54.6 Å². The molecular weight excluding hydrogens is 374 g/mol. The molecule has 2 aromatic carbocycles. The Bertz CT molecular complexity index is 799. The number of hydrogen-bond donors (Lipinski definition) is 0. The third-order valence-corrected chi connectivity index (χ3v) is 6.10. The molecule has 1 saturated heterocycles. The molecule has 1 aliphatic heterocycles. The largest absolute Gasteiger partial charge is 0.378 e. The lowest BCUT2D eigenvalue weighted by Gasteiger charge is -2.40. The van der Waals surface area contributed by atoms with Gasteiger partial charge in [-0.15, -0.1) is 0 Å². The minimum absolute atomic E-state index is 0.187. The van der Waals surface area contributed by atoms with Crippen LogP contribution in [-0.2, 0) is 11.2 Å². The van der Waals surface area contributed by atoms with Crippen molar-refractivity contribution in [2.75, 3.05) is 65.9 Å². The summed E-state index contributed by atoms with van der Waals surface area (Å²) < 4.78 is 5.45. The Kier molecular flexibility index (Phi) is 7.64. The number of morpholine rings is 1. The number of ether oxygens (including phenoxy) is 1. The number of benzene rings is 2. The fraction of sp³-hybridized carbons (Fsp3) is 0.480. The quantitative estimate of drug-likeness (QED) is 0.595. The Morgan fingerprint density at radius 1 is 0.967 bits per heavy atom. The molecule has 0 spiro atoms. The van der Waals surface area contributed by atoms with Crippen molar-refractivity contribution in [2.45, 2.75) is 18.4 Å². The lowest BCUT2D eigenvalue weighted by Crippen LogP contribution is -2.54. The molecule has 1 fully saturated rings. The Morgan fingerprint density at radius 2 is 1.60 bits per heavy atom. The summed E-state index contributed by atoms with van der Waals surface area (Å²) >= 11 is 0. The Balaban J connectivity index is 1.89. The highest BCUT2D eigenvalue weighted by Crippen LogP contribution is 2.29. The molecule has 0 saturated carbocycles. The standard InChI is InChI=1S/C25H35N3O2/c1-26(2)15-14-25(27(3)4,20-21-8-6-5-7-9-21)24(29)22-10-12-23(13-11-22)28-16-18-30-19-17-28/h5-13H,14-20H2,1-4H3. The predicted molar refractivity (Wildman–Crippen MR) is 124 cm³/mol. The van der Waals surface area contributed by atoms with Crippen molar-refractivity contribution in [3.63, 3.8) is 0 Å². The van der Waals surface area contributed by atoms with Gasteiger partial charge in [0.15, 0.2) is 5.78 Å². The smallest absolute Gasteiger partial charge is 0.183 e. The van der Waals surface area contributed by atoms with E-state index in [0.29, 0.717) is 6.42 Å². The minimum atomic E-state index is -0.591. The van der Waals surface area contributed by atoms with Crippen LogP contribution in [0.5, 0.6) is 0 Å². The summed E-state index contributed by atoms with van der Waals surface area (Å²) in [5, 5.41) is 0. The van der Waals surface area contributed by atoms with Gasteiger partial charge in [-0.1, -0.05) is 30.3 Å². The average molecular weight is 410 g/mol. The van der Waals surface area contributed by atoms with E-state index < -0.39 is 5.54 Å². The summed E-state index contributed by atoms with van der Waals surface area (Å²) in [6, 6.07) is 18.5. The van der Waals surface area contributed by atoms with Crippen LogP contribution in [0.4, 0.5) is 5.69 Å². The molecule has 5 nitrogen and oxygen atoms in total. The molecule has 0 N–H and O–H groups in total. The molecule has 0 radical (unpaired) electrons. The van der Waals surface area contributed by atoms with Crippen LogP contribution in [-0.4, -0.2) is 82.2 Å². The van der Waals surface area contributed by atoms with Crippen molar-refractivity contribution in [3.8, 4) is 0 Å². The van der Waals surface area contributed by atoms with Crippen molar-refractivity contribution in [1.29, 1.82) is 0 Å². The van der Waals surface area contributed by atoms with Crippen LogP contribution >= 0.6 is 0 Å². The van der Waals surface area contributed by atoms with Crippen molar-refractivity contribution < 1.29 is 9.53 Å². The molecule has 5 heteroatoms. The lowest BCUT2D eigenvalue weighted by atomic mass is 9.79.